The maximum absolute atomic E-state index is 12.7. The number of anilines is 2. The number of hydrogen-bond acceptors (Lipinski definition) is 5. The lowest BCUT2D eigenvalue weighted by Gasteiger charge is -2.34. The van der Waals surface area contributed by atoms with E-state index in [4.69, 9.17) is 0 Å². The van der Waals surface area contributed by atoms with E-state index >= 15 is 0 Å². The lowest BCUT2D eigenvalue weighted by molar-refractivity contribution is 0.102. The number of sulfonamides is 1. The molecule has 4 rings (SSSR count). The smallest absolute Gasteiger partial charge is 0.255 e. The molecule has 0 radical (unpaired) electrons. The summed E-state index contributed by atoms with van der Waals surface area (Å²) in [5.41, 5.74) is 3.09. The second-order valence-electron chi connectivity index (χ2n) is 7.85. The molecule has 1 aliphatic heterocycles. The van der Waals surface area contributed by atoms with Crippen molar-refractivity contribution < 1.29 is 13.2 Å². The van der Waals surface area contributed by atoms with Gasteiger partial charge in [-0.05, 0) is 36.8 Å². The molecular weight excluding hydrogens is 424 g/mol. The Balaban J connectivity index is 1.33. The number of nitrogens with zero attached hydrogens (tertiary/aromatic N) is 3. The number of carbonyl (C=O) groups excluding carboxylic acids is 1. The minimum absolute atomic E-state index is 0.0153. The Morgan fingerprint density at radius 1 is 0.938 bits per heavy atom. The molecule has 0 unspecified atom stereocenters. The van der Waals surface area contributed by atoms with Gasteiger partial charge in [0.15, 0.2) is 0 Å². The van der Waals surface area contributed by atoms with Gasteiger partial charge in [-0.2, -0.15) is 4.31 Å². The summed E-state index contributed by atoms with van der Waals surface area (Å²) in [6.07, 6.45) is 1.62. The molecule has 1 aromatic heterocycles. The van der Waals surface area contributed by atoms with Crippen molar-refractivity contribution in [3.63, 3.8) is 0 Å². The third-order valence-electron chi connectivity index (χ3n) is 5.47. The first-order valence-corrected chi connectivity index (χ1v) is 12.1. The van der Waals surface area contributed by atoms with Crippen LogP contribution in [-0.2, 0) is 15.8 Å². The van der Waals surface area contributed by atoms with Crippen molar-refractivity contribution in [2.75, 3.05) is 36.4 Å². The molecule has 1 N–H and O–H groups in total. The van der Waals surface area contributed by atoms with Gasteiger partial charge < -0.3 is 10.2 Å². The van der Waals surface area contributed by atoms with Crippen molar-refractivity contribution in [2.24, 2.45) is 0 Å². The van der Waals surface area contributed by atoms with E-state index in [9.17, 15) is 13.2 Å². The van der Waals surface area contributed by atoms with E-state index in [0.717, 1.165) is 16.9 Å². The third kappa shape index (κ3) is 5.33. The standard InChI is InChI=1S/C24H26N4O3S/c1-19-7-9-21(10-8-19)24(29)26-22-11-12-23(25-17-22)27-13-15-28(16-14-27)32(30,31)18-20-5-3-2-4-6-20/h2-12,17H,13-16,18H2,1H3,(H,26,29). The van der Waals surface area contributed by atoms with Gasteiger partial charge in [0.25, 0.3) is 5.91 Å². The van der Waals surface area contributed by atoms with Crippen LogP contribution in [0.25, 0.3) is 0 Å². The summed E-state index contributed by atoms with van der Waals surface area (Å²) in [6, 6.07) is 20.3. The average Bonchev–Trinajstić information content (AvgIpc) is 2.80. The molecule has 0 atom stereocenters. The molecule has 0 spiro atoms. The van der Waals surface area contributed by atoms with Gasteiger partial charge in [-0.3, -0.25) is 4.79 Å². The van der Waals surface area contributed by atoms with Crippen LogP contribution < -0.4 is 10.2 Å². The van der Waals surface area contributed by atoms with Crippen LogP contribution in [0.1, 0.15) is 21.5 Å². The quantitative estimate of drug-likeness (QED) is 0.623. The minimum atomic E-state index is -3.35. The Morgan fingerprint density at radius 3 is 2.25 bits per heavy atom. The van der Waals surface area contributed by atoms with Crippen molar-refractivity contribution in [2.45, 2.75) is 12.7 Å². The van der Waals surface area contributed by atoms with E-state index in [1.165, 1.54) is 0 Å². The number of hydrogen-bond donors (Lipinski definition) is 1. The van der Waals surface area contributed by atoms with Gasteiger partial charge in [-0.15, -0.1) is 0 Å². The summed E-state index contributed by atoms with van der Waals surface area (Å²) >= 11 is 0. The second kappa shape index (κ2) is 9.50. The fraction of sp³-hybridized carbons (Fsp3) is 0.250. The van der Waals surface area contributed by atoms with Crippen LogP contribution in [0.4, 0.5) is 11.5 Å². The maximum atomic E-state index is 12.7. The van der Waals surface area contributed by atoms with Crippen molar-refractivity contribution in [3.8, 4) is 0 Å². The molecule has 1 amide bonds. The van der Waals surface area contributed by atoms with Crippen LogP contribution in [0.15, 0.2) is 72.9 Å². The average molecular weight is 451 g/mol. The highest BCUT2D eigenvalue weighted by molar-refractivity contribution is 7.88. The molecule has 166 valence electrons. The number of amides is 1. The number of benzene rings is 2. The molecule has 8 heteroatoms. The maximum Gasteiger partial charge on any atom is 0.255 e. The van der Waals surface area contributed by atoms with Gasteiger partial charge in [0.1, 0.15) is 5.82 Å². The second-order valence-corrected chi connectivity index (χ2v) is 9.82. The Bertz CT molecular complexity index is 1160. The highest BCUT2D eigenvalue weighted by Gasteiger charge is 2.27. The van der Waals surface area contributed by atoms with Crippen LogP contribution in [0.3, 0.4) is 0 Å². The lowest BCUT2D eigenvalue weighted by Crippen LogP contribution is -2.49. The molecule has 0 bridgehead atoms. The molecule has 1 aliphatic rings. The largest absolute Gasteiger partial charge is 0.354 e. The molecule has 1 saturated heterocycles. The molecule has 3 aromatic rings. The number of aryl methyl sites for hydroxylation is 1. The lowest BCUT2D eigenvalue weighted by atomic mass is 10.1. The number of aromatic nitrogens is 1. The van der Waals surface area contributed by atoms with E-state index < -0.39 is 10.0 Å². The van der Waals surface area contributed by atoms with Crippen LogP contribution in [0.2, 0.25) is 0 Å². The number of nitrogens with one attached hydrogen (secondary N) is 1. The fourth-order valence-corrected chi connectivity index (χ4v) is 5.14. The van der Waals surface area contributed by atoms with Gasteiger partial charge in [-0.25, -0.2) is 13.4 Å². The first kappa shape index (κ1) is 22.0. The zero-order valence-electron chi connectivity index (χ0n) is 17.9. The summed E-state index contributed by atoms with van der Waals surface area (Å²) in [5, 5.41) is 2.85. The van der Waals surface area contributed by atoms with Gasteiger partial charge in [0.05, 0.1) is 17.6 Å². The number of pyridine rings is 1. The number of piperazine rings is 1. The minimum Gasteiger partial charge on any atom is -0.354 e. The topological polar surface area (TPSA) is 82.6 Å². The molecule has 2 heterocycles. The van der Waals surface area contributed by atoms with E-state index in [-0.39, 0.29) is 11.7 Å². The molecule has 7 nitrogen and oxygen atoms in total. The predicted octanol–water partition coefficient (Wildman–Crippen LogP) is 3.29. The summed E-state index contributed by atoms with van der Waals surface area (Å²) in [5.74, 6) is 0.594. The molecular formula is C24H26N4O3S. The van der Waals surface area contributed by atoms with Crippen molar-refractivity contribution in [1.82, 2.24) is 9.29 Å². The van der Waals surface area contributed by atoms with Crippen LogP contribution >= 0.6 is 0 Å². The molecule has 0 saturated carbocycles. The Labute approximate surface area is 188 Å². The predicted molar refractivity (Wildman–Crippen MR) is 126 cm³/mol. The highest BCUT2D eigenvalue weighted by Crippen LogP contribution is 2.19. The first-order chi connectivity index (χ1) is 15.4. The normalized spacial score (nSPS) is 14.8. The van der Waals surface area contributed by atoms with Crippen molar-refractivity contribution in [3.05, 3.63) is 89.6 Å². The van der Waals surface area contributed by atoms with E-state index in [1.807, 2.05) is 61.5 Å². The summed E-state index contributed by atoms with van der Waals surface area (Å²) in [6.45, 7) is 3.94. The van der Waals surface area contributed by atoms with Gasteiger partial charge in [0, 0.05) is 31.7 Å². The molecule has 2 aromatic carbocycles. The number of carbonyl (C=O) groups is 1. The molecule has 0 aliphatic carbocycles. The first-order valence-electron chi connectivity index (χ1n) is 10.5. The highest BCUT2D eigenvalue weighted by atomic mass is 32.2. The van der Waals surface area contributed by atoms with E-state index in [1.54, 1.807) is 22.6 Å². The fourth-order valence-electron chi connectivity index (χ4n) is 3.63. The number of rotatable bonds is 6. The zero-order valence-corrected chi connectivity index (χ0v) is 18.8. The van der Waals surface area contributed by atoms with Crippen molar-refractivity contribution in [1.29, 1.82) is 0 Å². The van der Waals surface area contributed by atoms with E-state index in [2.05, 4.69) is 15.2 Å². The molecule has 32 heavy (non-hydrogen) atoms. The summed E-state index contributed by atoms with van der Waals surface area (Å²) in [7, 11) is -3.35. The van der Waals surface area contributed by atoms with Crippen molar-refractivity contribution >= 4 is 27.4 Å². The SMILES string of the molecule is Cc1ccc(C(=O)Nc2ccc(N3CCN(S(=O)(=O)Cc4ccccc4)CC3)nc2)cc1. The van der Waals surface area contributed by atoms with Gasteiger partial charge in [0.2, 0.25) is 10.0 Å². The third-order valence-corrected chi connectivity index (χ3v) is 7.32. The monoisotopic (exact) mass is 450 g/mol. The van der Waals surface area contributed by atoms with Gasteiger partial charge in [-0.1, -0.05) is 48.0 Å². The summed E-state index contributed by atoms with van der Waals surface area (Å²) in [4.78, 5) is 18.9. The van der Waals surface area contributed by atoms with Crippen LogP contribution in [0.5, 0.6) is 0 Å². The van der Waals surface area contributed by atoms with Crippen LogP contribution in [-0.4, -0.2) is 49.8 Å². The summed E-state index contributed by atoms with van der Waals surface area (Å²) < 4.78 is 27.0. The Kier molecular flexibility index (Phi) is 6.53. The Morgan fingerprint density at radius 2 is 1.62 bits per heavy atom. The zero-order chi connectivity index (χ0) is 22.6. The van der Waals surface area contributed by atoms with Gasteiger partial charge >= 0.3 is 0 Å². The molecule has 1 fully saturated rings. The Hall–Kier alpha value is -3.23. The van der Waals surface area contributed by atoms with Crippen LogP contribution in [0, 0.1) is 6.92 Å². The van der Waals surface area contributed by atoms with E-state index in [0.29, 0.717) is 37.4 Å².